The van der Waals surface area contributed by atoms with Crippen molar-refractivity contribution in [1.29, 1.82) is 0 Å². The molecule has 0 amide bonds. The third-order valence-corrected chi connectivity index (χ3v) is 3.78. The Morgan fingerprint density at radius 1 is 1.16 bits per heavy atom. The maximum absolute atomic E-state index is 6.27. The standard InChI is InChI=1S/C15H28ClN3/c1-3-5-6-7-8-9-10-14(17)15-13(16)12-18-19(15)11-4-2/h12,14H,3-11,17H2,1-2H3. The maximum Gasteiger partial charge on any atom is 0.0834 e. The fourth-order valence-electron chi connectivity index (χ4n) is 2.41. The normalized spacial score (nSPS) is 12.8. The molecule has 0 fully saturated rings. The molecule has 1 aromatic rings. The van der Waals surface area contributed by atoms with Crippen molar-refractivity contribution in [2.24, 2.45) is 5.73 Å². The second-order valence-electron chi connectivity index (χ2n) is 5.26. The molecule has 3 nitrogen and oxygen atoms in total. The lowest BCUT2D eigenvalue weighted by molar-refractivity contribution is 0.497. The molecular weight excluding hydrogens is 258 g/mol. The Balaban J connectivity index is 2.36. The average molecular weight is 286 g/mol. The SMILES string of the molecule is CCCCCCCCC(N)c1c(Cl)cnn1CCC. The van der Waals surface area contributed by atoms with Crippen molar-refractivity contribution in [2.45, 2.75) is 77.8 Å². The van der Waals surface area contributed by atoms with Crippen molar-refractivity contribution in [1.82, 2.24) is 9.78 Å². The Hall–Kier alpha value is -0.540. The maximum atomic E-state index is 6.27. The lowest BCUT2D eigenvalue weighted by Gasteiger charge is -2.14. The predicted molar refractivity (Wildman–Crippen MR) is 82.4 cm³/mol. The third-order valence-electron chi connectivity index (χ3n) is 3.49. The number of nitrogens with two attached hydrogens (primary N) is 1. The van der Waals surface area contributed by atoms with E-state index in [0.717, 1.165) is 25.1 Å². The number of aromatic nitrogens is 2. The first-order valence-corrected chi connectivity index (χ1v) is 8.05. The van der Waals surface area contributed by atoms with Gasteiger partial charge < -0.3 is 5.73 Å². The molecule has 0 aliphatic heterocycles. The molecule has 110 valence electrons. The van der Waals surface area contributed by atoms with Crippen LogP contribution in [0.1, 0.15) is 76.9 Å². The van der Waals surface area contributed by atoms with Gasteiger partial charge in [0.15, 0.2) is 0 Å². The third kappa shape index (κ3) is 5.53. The van der Waals surface area contributed by atoms with Crippen LogP contribution in [0.15, 0.2) is 6.20 Å². The molecule has 4 heteroatoms. The van der Waals surface area contributed by atoms with Gasteiger partial charge in [-0.2, -0.15) is 5.10 Å². The van der Waals surface area contributed by atoms with Crippen LogP contribution < -0.4 is 5.73 Å². The van der Waals surface area contributed by atoms with Crippen LogP contribution in [0.2, 0.25) is 5.02 Å². The summed E-state index contributed by atoms with van der Waals surface area (Å²) in [4.78, 5) is 0. The first kappa shape index (κ1) is 16.5. The summed E-state index contributed by atoms with van der Waals surface area (Å²) < 4.78 is 1.96. The van der Waals surface area contributed by atoms with Crippen LogP contribution in [-0.2, 0) is 6.54 Å². The largest absolute Gasteiger partial charge is 0.323 e. The summed E-state index contributed by atoms with van der Waals surface area (Å²) in [5.74, 6) is 0. The lowest BCUT2D eigenvalue weighted by atomic mass is 10.0. The lowest BCUT2D eigenvalue weighted by Crippen LogP contribution is -2.17. The van der Waals surface area contributed by atoms with Crippen LogP contribution in [0.25, 0.3) is 0 Å². The molecule has 1 heterocycles. The molecule has 0 radical (unpaired) electrons. The fourth-order valence-corrected chi connectivity index (χ4v) is 2.69. The van der Waals surface area contributed by atoms with E-state index in [0.29, 0.717) is 5.02 Å². The van der Waals surface area contributed by atoms with Crippen molar-refractivity contribution < 1.29 is 0 Å². The van der Waals surface area contributed by atoms with Crippen LogP contribution in [-0.4, -0.2) is 9.78 Å². The summed E-state index contributed by atoms with van der Waals surface area (Å²) in [6.07, 6.45) is 11.5. The number of hydrogen-bond acceptors (Lipinski definition) is 2. The summed E-state index contributed by atoms with van der Waals surface area (Å²) >= 11 is 6.19. The molecule has 1 unspecified atom stereocenters. The van der Waals surface area contributed by atoms with E-state index in [2.05, 4.69) is 18.9 Å². The van der Waals surface area contributed by atoms with E-state index < -0.39 is 0 Å². The van der Waals surface area contributed by atoms with Gasteiger partial charge in [0.25, 0.3) is 0 Å². The van der Waals surface area contributed by atoms with Crippen LogP contribution in [0.3, 0.4) is 0 Å². The van der Waals surface area contributed by atoms with Gasteiger partial charge in [-0.1, -0.05) is 64.0 Å². The highest BCUT2D eigenvalue weighted by Crippen LogP contribution is 2.25. The number of aryl methyl sites for hydroxylation is 1. The molecule has 0 spiro atoms. The molecule has 19 heavy (non-hydrogen) atoms. The quantitative estimate of drug-likeness (QED) is 0.633. The summed E-state index contributed by atoms with van der Waals surface area (Å²) in [6.45, 7) is 5.28. The number of halogens is 1. The molecule has 0 aliphatic carbocycles. The zero-order valence-corrected chi connectivity index (χ0v) is 13.1. The number of nitrogens with zero attached hydrogens (tertiary/aromatic N) is 2. The molecule has 0 aromatic carbocycles. The van der Waals surface area contributed by atoms with Gasteiger partial charge >= 0.3 is 0 Å². The first-order chi connectivity index (χ1) is 9.20. The topological polar surface area (TPSA) is 43.8 Å². The van der Waals surface area contributed by atoms with Crippen LogP contribution in [0.4, 0.5) is 0 Å². The average Bonchev–Trinajstić information content (AvgIpc) is 2.75. The molecule has 1 atom stereocenters. The first-order valence-electron chi connectivity index (χ1n) is 7.67. The van der Waals surface area contributed by atoms with E-state index >= 15 is 0 Å². The van der Waals surface area contributed by atoms with E-state index in [1.54, 1.807) is 6.20 Å². The predicted octanol–water partition coefficient (Wildman–Crippen LogP) is 4.70. The molecule has 0 aliphatic rings. The molecule has 0 bridgehead atoms. The van der Waals surface area contributed by atoms with Gasteiger partial charge in [-0.05, 0) is 12.8 Å². The van der Waals surface area contributed by atoms with Crippen LogP contribution in [0.5, 0.6) is 0 Å². The molecule has 1 rings (SSSR count). The van der Waals surface area contributed by atoms with Crippen molar-refractivity contribution in [3.05, 3.63) is 16.9 Å². The zero-order chi connectivity index (χ0) is 14.1. The summed E-state index contributed by atoms with van der Waals surface area (Å²) in [5.41, 5.74) is 7.28. The van der Waals surface area contributed by atoms with Crippen LogP contribution in [0, 0.1) is 0 Å². The van der Waals surface area contributed by atoms with Gasteiger partial charge in [-0.3, -0.25) is 4.68 Å². The molecular formula is C15H28ClN3. The molecule has 1 aromatic heterocycles. The summed E-state index contributed by atoms with van der Waals surface area (Å²) in [7, 11) is 0. The van der Waals surface area contributed by atoms with Gasteiger partial charge in [-0.25, -0.2) is 0 Å². The number of unbranched alkanes of at least 4 members (excludes halogenated alkanes) is 5. The Morgan fingerprint density at radius 3 is 2.53 bits per heavy atom. The van der Waals surface area contributed by atoms with Gasteiger partial charge in [0.1, 0.15) is 0 Å². The van der Waals surface area contributed by atoms with Crippen molar-refractivity contribution in [2.75, 3.05) is 0 Å². The van der Waals surface area contributed by atoms with Crippen molar-refractivity contribution in [3.8, 4) is 0 Å². The van der Waals surface area contributed by atoms with Crippen molar-refractivity contribution in [3.63, 3.8) is 0 Å². The zero-order valence-electron chi connectivity index (χ0n) is 12.4. The number of rotatable bonds is 10. The molecule has 0 saturated carbocycles. The Kier molecular flexibility index (Phi) is 8.15. The van der Waals surface area contributed by atoms with Gasteiger partial charge in [-0.15, -0.1) is 0 Å². The van der Waals surface area contributed by atoms with Gasteiger partial charge in [0.2, 0.25) is 0 Å². The van der Waals surface area contributed by atoms with Crippen LogP contribution >= 0.6 is 11.6 Å². The molecule has 0 saturated heterocycles. The fraction of sp³-hybridized carbons (Fsp3) is 0.800. The Bertz CT molecular complexity index is 349. The van der Waals surface area contributed by atoms with E-state index in [4.69, 9.17) is 17.3 Å². The minimum absolute atomic E-state index is 0.0210. The molecule has 2 N–H and O–H groups in total. The monoisotopic (exact) mass is 285 g/mol. The second-order valence-corrected chi connectivity index (χ2v) is 5.67. The van der Waals surface area contributed by atoms with E-state index in [9.17, 15) is 0 Å². The highest BCUT2D eigenvalue weighted by molar-refractivity contribution is 6.31. The van der Waals surface area contributed by atoms with E-state index in [1.807, 2.05) is 4.68 Å². The highest BCUT2D eigenvalue weighted by Gasteiger charge is 2.16. The van der Waals surface area contributed by atoms with Gasteiger partial charge in [0.05, 0.1) is 16.9 Å². The number of hydrogen-bond donors (Lipinski definition) is 1. The second kappa shape index (κ2) is 9.38. The Morgan fingerprint density at radius 2 is 1.84 bits per heavy atom. The smallest absolute Gasteiger partial charge is 0.0834 e. The van der Waals surface area contributed by atoms with Gasteiger partial charge in [0, 0.05) is 12.6 Å². The minimum atomic E-state index is 0.0210. The van der Waals surface area contributed by atoms with E-state index in [-0.39, 0.29) is 6.04 Å². The van der Waals surface area contributed by atoms with E-state index in [1.165, 1.54) is 38.5 Å². The minimum Gasteiger partial charge on any atom is -0.323 e. The Labute approximate surface area is 122 Å². The summed E-state index contributed by atoms with van der Waals surface area (Å²) in [6, 6.07) is 0.0210. The highest BCUT2D eigenvalue weighted by atomic mass is 35.5. The van der Waals surface area contributed by atoms with Crippen molar-refractivity contribution >= 4 is 11.6 Å². The summed E-state index contributed by atoms with van der Waals surface area (Å²) in [5, 5.41) is 5.01.